The molecular weight excluding hydrogens is 450 g/mol. The lowest BCUT2D eigenvalue weighted by molar-refractivity contribution is -0.136. The van der Waals surface area contributed by atoms with E-state index in [1.54, 1.807) is 25.4 Å². The van der Waals surface area contributed by atoms with Crippen molar-refractivity contribution < 1.29 is 4.79 Å². The molecule has 0 bridgehead atoms. The maximum absolute atomic E-state index is 13.4. The predicted octanol–water partition coefficient (Wildman–Crippen LogP) is 3.80. The smallest absolute Gasteiger partial charge is 0.267 e. The van der Waals surface area contributed by atoms with E-state index in [2.05, 4.69) is 63.5 Å². The molecule has 0 spiro atoms. The van der Waals surface area contributed by atoms with E-state index >= 15 is 0 Å². The zero-order chi connectivity index (χ0) is 24.9. The van der Waals surface area contributed by atoms with Crippen LogP contribution in [0.5, 0.6) is 0 Å². The van der Waals surface area contributed by atoms with Gasteiger partial charge in [0.1, 0.15) is 6.04 Å². The number of carbonyl (C=O) groups is 1. The molecule has 1 amide bonds. The van der Waals surface area contributed by atoms with Gasteiger partial charge in [0.25, 0.3) is 5.56 Å². The lowest BCUT2D eigenvalue weighted by Crippen LogP contribution is -2.52. The standard InChI is InChI=1S/C29H29N5O2/c1-22(34-27(35)15-14-26(31-34)25-13-8-16-30-21-25)29(36)33-19-17-32(18-20-33)28(23-9-4-2-5-10-23)24-11-6-3-7-12-24/h2-16,21-22,28H,17-20H2,1H3. The van der Waals surface area contributed by atoms with Gasteiger partial charge in [-0.05, 0) is 36.2 Å². The molecule has 1 fully saturated rings. The number of pyridine rings is 1. The summed E-state index contributed by atoms with van der Waals surface area (Å²) < 4.78 is 1.29. The number of nitrogens with zero attached hydrogens (tertiary/aromatic N) is 5. The van der Waals surface area contributed by atoms with Crippen LogP contribution >= 0.6 is 0 Å². The molecule has 7 heteroatoms. The molecule has 4 aromatic rings. The van der Waals surface area contributed by atoms with Crippen LogP contribution in [-0.2, 0) is 4.79 Å². The number of aromatic nitrogens is 3. The average molecular weight is 480 g/mol. The number of piperazine rings is 1. The Morgan fingerprint density at radius 3 is 2.03 bits per heavy atom. The van der Waals surface area contributed by atoms with Crippen LogP contribution in [0.3, 0.4) is 0 Å². The summed E-state index contributed by atoms with van der Waals surface area (Å²) >= 11 is 0. The molecule has 7 nitrogen and oxygen atoms in total. The van der Waals surface area contributed by atoms with Gasteiger partial charge < -0.3 is 4.90 Å². The Morgan fingerprint density at radius 2 is 1.44 bits per heavy atom. The van der Waals surface area contributed by atoms with E-state index in [1.807, 2.05) is 29.2 Å². The lowest BCUT2D eigenvalue weighted by Gasteiger charge is -2.40. The van der Waals surface area contributed by atoms with E-state index in [0.717, 1.165) is 18.7 Å². The Bertz CT molecular complexity index is 1310. The number of benzene rings is 2. The zero-order valence-electron chi connectivity index (χ0n) is 20.3. The molecule has 1 unspecified atom stereocenters. The molecule has 1 aliphatic rings. The minimum atomic E-state index is -0.695. The van der Waals surface area contributed by atoms with Gasteiger partial charge in [0.15, 0.2) is 0 Å². The molecule has 182 valence electrons. The van der Waals surface area contributed by atoms with E-state index < -0.39 is 6.04 Å². The first-order valence-corrected chi connectivity index (χ1v) is 12.2. The van der Waals surface area contributed by atoms with Crippen molar-refractivity contribution in [1.29, 1.82) is 0 Å². The van der Waals surface area contributed by atoms with Crippen LogP contribution in [0, 0.1) is 0 Å². The average Bonchev–Trinajstić information content (AvgIpc) is 2.95. The Morgan fingerprint density at radius 1 is 0.806 bits per heavy atom. The normalized spacial score (nSPS) is 15.1. The van der Waals surface area contributed by atoms with E-state index in [1.165, 1.54) is 21.9 Å². The topological polar surface area (TPSA) is 71.3 Å². The van der Waals surface area contributed by atoms with Gasteiger partial charge in [-0.1, -0.05) is 60.7 Å². The van der Waals surface area contributed by atoms with Crippen LogP contribution in [0.4, 0.5) is 0 Å². The summed E-state index contributed by atoms with van der Waals surface area (Å²) in [6.45, 7) is 4.41. The van der Waals surface area contributed by atoms with Gasteiger partial charge in [-0.3, -0.25) is 19.5 Å². The second-order valence-corrected chi connectivity index (χ2v) is 9.00. The molecule has 5 rings (SSSR count). The van der Waals surface area contributed by atoms with E-state index in [0.29, 0.717) is 18.8 Å². The molecular formula is C29H29N5O2. The van der Waals surface area contributed by atoms with E-state index in [4.69, 9.17) is 0 Å². The molecule has 36 heavy (non-hydrogen) atoms. The van der Waals surface area contributed by atoms with Crippen molar-refractivity contribution >= 4 is 5.91 Å². The summed E-state index contributed by atoms with van der Waals surface area (Å²) in [6, 6.07) is 27.2. The third kappa shape index (κ3) is 4.97. The first kappa shape index (κ1) is 23.6. The van der Waals surface area contributed by atoms with Gasteiger partial charge in [-0.25, -0.2) is 4.68 Å². The predicted molar refractivity (Wildman–Crippen MR) is 139 cm³/mol. The molecule has 1 aliphatic heterocycles. The van der Waals surface area contributed by atoms with Crippen molar-refractivity contribution in [2.75, 3.05) is 26.2 Å². The highest BCUT2D eigenvalue weighted by Gasteiger charge is 2.31. The van der Waals surface area contributed by atoms with Crippen molar-refractivity contribution in [1.82, 2.24) is 24.6 Å². The van der Waals surface area contributed by atoms with E-state index in [9.17, 15) is 9.59 Å². The molecule has 3 heterocycles. The first-order chi connectivity index (χ1) is 17.6. The van der Waals surface area contributed by atoms with Crippen LogP contribution in [-0.4, -0.2) is 56.7 Å². The van der Waals surface area contributed by atoms with Gasteiger partial charge in [-0.2, -0.15) is 5.10 Å². The van der Waals surface area contributed by atoms with Crippen LogP contribution in [0.25, 0.3) is 11.3 Å². The summed E-state index contributed by atoms with van der Waals surface area (Å²) in [5.74, 6) is -0.0939. The highest BCUT2D eigenvalue weighted by atomic mass is 16.2. The SMILES string of the molecule is CC(C(=O)N1CCN(C(c2ccccc2)c2ccccc2)CC1)n1nc(-c2cccnc2)ccc1=O. The molecule has 1 atom stereocenters. The number of rotatable bonds is 6. The minimum Gasteiger partial charge on any atom is -0.338 e. The van der Waals surface area contributed by atoms with Gasteiger partial charge in [0.2, 0.25) is 5.91 Å². The van der Waals surface area contributed by atoms with Crippen LogP contribution in [0.2, 0.25) is 0 Å². The molecule has 0 saturated carbocycles. The molecule has 0 radical (unpaired) electrons. The monoisotopic (exact) mass is 479 g/mol. The number of carbonyl (C=O) groups excluding carboxylic acids is 1. The Balaban J connectivity index is 1.32. The van der Waals surface area contributed by atoms with Crippen LogP contribution in [0.15, 0.2) is 102 Å². The molecule has 1 saturated heterocycles. The fourth-order valence-electron chi connectivity index (χ4n) is 4.83. The molecule has 2 aromatic carbocycles. The van der Waals surface area contributed by atoms with Crippen molar-refractivity contribution in [3.63, 3.8) is 0 Å². The lowest BCUT2D eigenvalue weighted by atomic mass is 9.96. The number of amides is 1. The van der Waals surface area contributed by atoms with Crippen molar-refractivity contribution in [3.05, 3.63) is 119 Å². The van der Waals surface area contributed by atoms with Crippen molar-refractivity contribution in [2.45, 2.75) is 19.0 Å². The Hall–Kier alpha value is -4.10. The summed E-state index contributed by atoms with van der Waals surface area (Å²) in [5.41, 5.74) is 3.59. The van der Waals surface area contributed by atoms with E-state index in [-0.39, 0.29) is 17.5 Å². The third-order valence-corrected chi connectivity index (χ3v) is 6.73. The largest absolute Gasteiger partial charge is 0.338 e. The second kappa shape index (κ2) is 10.7. The summed E-state index contributed by atoms with van der Waals surface area (Å²) in [5, 5.41) is 4.49. The van der Waals surface area contributed by atoms with Gasteiger partial charge in [-0.15, -0.1) is 0 Å². The quantitative estimate of drug-likeness (QED) is 0.421. The third-order valence-electron chi connectivity index (χ3n) is 6.73. The Kier molecular flexibility index (Phi) is 7.00. The Labute approximate surface area is 210 Å². The van der Waals surface area contributed by atoms with Crippen LogP contribution in [0.1, 0.15) is 30.1 Å². The zero-order valence-corrected chi connectivity index (χ0v) is 20.3. The minimum absolute atomic E-state index is 0.0939. The highest BCUT2D eigenvalue weighted by molar-refractivity contribution is 5.80. The van der Waals surface area contributed by atoms with Gasteiger partial charge >= 0.3 is 0 Å². The van der Waals surface area contributed by atoms with Crippen molar-refractivity contribution in [2.24, 2.45) is 0 Å². The molecule has 2 aromatic heterocycles. The van der Waals surface area contributed by atoms with Crippen LogP contribution < -0.4 is 5.56 Å². The highest BCUT2D eigenvalue weighted by Crippen LogP contribution is 2.29. The molecule has 0 aliphatic carbocycles. The summed E-state index contributed by atoms with van der Waals surface area (Å²) in [7, 11) is 0. The van der Waals surface area contributed by atoms with Gasteiger partial charge in [0.05, 0.1) is 11.7 Å². The second-order valence-electron chi connectivity index (χ2n) is 9.00. The van der Waals surface area contributed by atoms with Gasteiger partial charge in [0, 0.05) is 50.2 Å². The first-order valence-electron chi connectivity index (χ1n) is 12.2. The maximum atomic E-state index is 13.4. The number of hydrogen-bond donors (Lipinski definition) is 0. The summed E-state index contributed by atoms with van der Waals surface area (Å²) in [4.78, 5) is 34.4. The van der Waals surface area contributed by atoms with Crippen molar-refractivity contribution in [3.8, 4) is 11.3 Å². The fourth-order valence-corrected chi connectivity index (χ4v) is 4.83. The fraction of sp³-hybridized carbons (Fsp3) is 0.241. The summed E-state index contributed by atoms with van der Waals surface area (Å²) in [6.07, 6.45) is 3.38. The maximum Gasteiger partial charge on any atom is 0.267 e. The molecule has 0 N–H and O–H groups in total. The number of hydrogen-bond acceptors (Lipinski definition) is 5.